The van der Waals surface area contributed by atoms with Crippen LogP contribution in [0.2, 0.25) is 10.0 Å². The average Bonchev–Trinajstić information content (AvgIpc) is 2.75. The summed E-state index contributed by atoms with van der Waals surface area (Å²) in [6.07, 6.45) is 0. The van der Waals surface area contributed by atoms with Gasteiger partial charge in [0.1, 0.15) is 0 Å². The molecule has 168 valence electrons. The van der Waals surface area contributed by atoms with Crippen molar-refractivity contribution < 1.29 is 17.9 Å². The van der Waals surface area contributed by atoms with Gasteiger partial charge in [0, 0.05) is 46.7 Å². The lowest BCUT2D eigenvalue weighted by molar-refractivity contribution is 0.0730. The van der Waals surface area contributed by atoms with E-state index in [0.29, 0.717) is 60.0 Å². The Kier molecular flexibility index (Phi) is 8.66. The molecule has 1 aliphatic rings. The number of rotatable bonds is 8. The molecule has 10 heteroatoms. The molecule has 3 rings (SSSR count). The number of hydrogen-bond donors (Lipinski definition) is 1. The van der Waals surface area contributed by atoms with Crippen LogP contribution >= 0.6 is 35.0 Å². The first-order chi connectivity index (χ1) is 14.8. The average molecular weight is 503 g/mol. The van der Waals surface area contributed by atoms with Gasteiger partial charge >= 0.3 is 0 Å². The standard InChI is InChI=1S/C21H24Cl2N2O4S2/c1-15-2-5-18(31(27,28)25-7-9-29-10-8-25)13-19(15)21(26)24-6-11-30-14-16-3-4-17(22)12-20(16)23/h2-5,12-13H,6-11,14H2,1H3,(H,24,26). The minimum absolute atomic E-state index is 0.122. The van der Waals surface area contributed by atoms with Crippen LogP contribution in [0.3, 0.4) is 0 Å². The Labute approximate surface area is 197 Å². The normalized spacial score (nSPS) is 15.1. The molecule has 0 spiro atoms. The molecule has 0 radical (unpaired) electrons. The van der Waals surface area contributed by atoms with E-state index < -0.39 is 10.0 Å². The Morgan fingerprint density at radius 3 is 2.61 bits per heavy atom. The zero-order valence-corrected chi connectivity index (χ0v) is 20.2. The van der Waals surface area contributed by atoms with E-state index in [1.54, 1.807) is 43.0 Å². The summed E-state index contributed by atoms with van der Waals surface area (Å²) in [4.78, 5) is 12.8. The summed E-state index contributed by atoms with van der Waals surface area (Å²) in [7, 11) is -3.65. The van der Waals surface area contributed by atoms with E-state index >= 15 is 0 Å². The summed E-state index contributed by atoms with van der Waals surface area (Å²) in [6.45, 7) is 3.61. The second kappa shape index (κ2) is 11.0. The van der Waals surface area contributed by atoms with Crippen LogP contribution in [0.1, 0.15) is 21.5 Å². The molecule has 1 saturated heterocycles. The summed E-state index contributed by atoms with van der Waals surface area (Å²) in [5.41, 5.74) is 2.07. The molecular weight excluding hydrogens is 479 g/mol. The van der Waals surface area contributed by atoms with Gasteiger partial charge in [-0.3, -0.25) is 4.79 Å². The van der Waals surface area contributed by atoms with E-state index in [9.17, 15) is 13.2 Å². The molecule has 0 bridgehead atoms. The van der Waals surface area contributed by atoms with E-state index in [2.05, 4.69) is 5.32 Å². The Bertz CT molecular complexity index is 1040. The minimum Gasteiger partial charge on any atom is -0.379 e. The molecule has 6 nitrogen and oxygen atoms in total. The van der Waals surface area contributed by atoms with E-state index in [-0.39, 0.29) is 10.8 Å². The first-order valence-electron chi connectivity index (χ1n) is 9.77. The molecule has 1 aliphatic heterocycles. The van der Waals surface area contributed by atoms with Crippen LogP contribution in [0.25, 0.3) is 0 Å². The van der Waals surface area contributed by atoms with Crippen molar-refractivity contribution in [3.63, 3.8) is 0 Å². The lowest BCUT2D eigenvalue weighted by Crippen LogP contribution is -2.40. The van der Waals surface area contributed by atoms with Gasteiger partial charge in [-0.2, -0.15) is 16.1 Å². The predicted octanol–water partition coefficient (Wildman–Crippen LogP) is 3.99. The SMILES string of the molecule is Cc1ccc(S(=O)(=O)N2CCOCC2)cc1C(=O)NCCSCc1ccc(Cl)cc1Cl. The topological polar surface area (TPSA) is 75.7 Å². The third kappa shape index (κ3) is 6.37. The highest BCUT2D eigenvalue weighted by molar-refractivity contribution is 7.98. The fraction of sp³-hybridized carbons (Fsp3) is 0.381. The highest BCUT2D eigenvalue weighted by Gasteiger charge is 2.27. The van der Waals surface area contributed by atoms with Crippen LogP contribution in [0.4, 0.5) is 0 Å². The monoisotopic (exact) mass is 502 g/mol. The van der Waals surface area contributed by atoms with Crippen molar-refractivity contribution in [1.29, 1.82) is 0 Å². The maximum atomic E-state index is 12.9. The number of carbonyl (C=O) groups is 1. The summed E-state index contributed by atoms with van der Waals surface area (Å²) >= 11 is 13.7. The highest BCUT2D eigenvalue weighted by Crippen LogP contribution is 2.25. The summed E-state index contributed by atoms with van der Waals surface area (Å²) in [5.74, 6) is 1.11. The lowest BCUT2D eigenvalue weighted by atomic mass is 10.1. The first-order valence-corrected chi connectivity index (χ1v) is 13.1. The molecular formula is C21H24Cl2N2O4S2. The number of carbonyl (C=O) groups excluding carboxylic acids is 1. The van der Waals surface area contributed by atoms with E-state index in [1.807, 2.05) is 6.07 Å². The zero-order valence-electron chi connectivity index (χ0n) is 17.1. The molecule has 2 aromatic carbocycles. The number of ether oxygens (including phenoxy) is 1. The van der Waals surface area contributed by atoms with Crippen molar-refractivity contribution in [3.05, 3.63) is 63.1 Å². The van der Waals surface area contributed by atoms with Crippen LogP contribution in [-0.2, 0) is 20.5 Å². The molecule has 1 amide bonds. The number of amides is 1. The fourth-order valence-electron chi connectivity index (χ4n) is 3.10. The van der Waals surface area contributed by atoms with Crippen LogP contribution in [0, 0.1) is 6.92 Å². The van der Waals surface area contributed by atoms with Gasteiger partial charge in [-0.15, -0.1) is 0 Å². The van der Waals surface area contributed by atoms with Gasteiger partial charge < -0.3 is 10.1 Å². The van der Waals surface area contributed by atoms with Crippen molar-refractivity contribution in [3.8, 4) is 0 Å². The molecule has 2 aromatic rings. The fourth-order valence-corrected chi connectivity index (χ4v) is 5.95. The number of sulfonamides is 1. The maximum absolute atomic E-state index is 12.9. The number of benzene rings is 2. The molecule has 31 heavy (non-hydrogen) atoms. The smallest absolute Gasteiger partial charge is 0.251 e. The summed E-state index contributed by atoms with van der Waals surface area (Å²) in [6, 6.07) is 10.1. The van der Waals surface area contributed by atoms with E-state index in [1.165, 1.54) is 10.4 Å². The van der Waals surface area contributed by atoms with Crippen LogP contribution in [-0.4, -0.2) is 57.2 Å². The molecule has 1 N–H and O–H groups in total. The second-order valence-corrected chi connectivity index (χ2v) is 10.9. The van der Waals surface area contributed by atoms with Crippen molar-refractivity contribution in [1.82, 2.24) is 9.62 Å². The quantitative estimate of drug-likeness (QED) is 0.552. The lowest BCUT2D eigenvalue weighted by Gasteiger charge is -2.26. The van der Waals surface area contributed by atoms with Gasteiger partial charge in [-0.1, -0.05) is 35.3 Å². The Morgan fingerprint density at radius 1 is 1.16 bits per heavy atom. The van der Waals surface area contributed by atoms with E-state index in [4.69, 9.17) is 27.9 Å². The summed E-state index contributed by atoms with van der Waals surface area (Å²) in [5, 5.41) is 4.09. The Morgan fingerprint density at radius 2 is 1.90 bits per heavy atom. The number of thioether (sulfide) groups is 1. The molecule has 0 aromatic heterocycles. The summed E-state index contributed by atoms with van der Waals surface area (Å²) < 4.78 is 32.4. The number of halogens is 2. The number of morpholine rings is 1. The van der Waals surface area contributed by atoms with Crippen LogP contribution in [0.5, 0.6) is 0 Å². The first kappa shape index (κ1) is 24.4. The van der Waals surface area contributed by atoms with Gasteiger partial charge in [0.2, 0.25) is 10.0 Å². The van der Waals surface area contributed by atoms with Gasteiger partial charge in [-0.25, -0.2) is 8.42 Å². The Hall–Kier alpha value is -1.29. The largest absolute Gasteiger partial charge is 0.379 e. The van der Waals surface area contributed by atoms with Gasteiger partial charge in [0.05, 0.1) is 18.1 Å². The number of hydrogen-bond acceptors (Lipinski definition) is 5. The third-order valence-corrected chi connectivity index (χ3v) is 8.36. The van der Waals surface area contributed by atoms with Crippen molar-refractivity contribution in [2.45, 2.75) is 17.6 Å². The van der Waals surface area contributed by atoms with Gasteiger partial charge in [0.25, 0.3) is 5.91 Å². The predicted molar refractivity (Wildman–Crippen MR) is 126 cm³/mol. The molecule has 0 atom stereocenters. The van der Waals surface area contributed by atoms with Crippen LogP contribution < -0.4 is 5.32 Å². The van der Waals surface area contributed by atoms with Crippen molar-refractivity contribution >= 4 is 50.9 Å². The maximum Gasteiger partial charge on any atom is 0.251 e. The third-order valence-electron chi connectivity index (χ3n) is 4.87. The molecule has 1 fully saturated rings. The highest BCUT2D eigenvalue weighted by atomic mass is 35.5. The van der Waals surface area contributed by atoms with Crippen LogP contribution in [0.15, 0.2) is 41.3 Å². The number of nitrogens with one attached hydrogen (secondary N) is 1. The number of aryl methyl sites for hydroxylation is 1. The minimum atomic E-state index is -3.65. The second-order valence-electron chi connectivity index (χ2n) is 7.04. The number of nitrogens with zero attached hydrogens (tertiary/aromatic N) is 1. The molecule has 1 heterocycles. The zero-order chi connectivity index (χ0) is 22.4. The van der Waals surface area contributed by atoms with Gasteiger partial charge in [-0.05, 0) is 42.3 Å². The van der Waals surface area contributed by atoms with Crippen molar-refractivity contribution in [2.75, 3.05) is 38.6 Å². The van der Waals surface area contributed by atoms with E-state index in [0.717, 1.165) is 11.1 Å². The molecule has 0 aliphatic carbocycles. The van der Waals surface area contributed by atoms with Gasteiger partial charge in [0.15, 0.2) is 0 Å². The Balaban J connectivity index is 1.56. The molecule has 0 unspecified atom stereocenters. The molecule has 0 saturated carbocycles. The van der Waals surface area contributed by atoms with Crippen molar-refractivity contribution in [2.24, 2.45) is 0 Å².